The van der Waals surface area contributed by atoms with E-state index in [2.05, 4.69) is 40.0 Å². The third-order valence-electron chi connectivity index (χ3n) is 2.58. The molecule has 1 atom stereocenters. The summed E-state index contributed by atoms with van der Waals surface area (Å²) in [6.45, 7) is 8.68. The van der Waals surface area contributed by atoms with Crippen LogP contribution >= 0.6 is 15.9 Å². The number of rotatable bonds is 6. The van der Waals surface area contributed by atoms with Crippen molar-refractivity contribution in [3.05, 3.63) is 28.5 Å². The van der Waals surface area contributed by atoms with Crippen LogP contribution in [0.25, 0.3) is 0 Å². The fourth-order valence-corrected chi connectivity index (χ4v) is 2.15. The maximum atomic E-state index is 5.51. The van der Waals surface area contributed by atoms with Crippen molar-refractivity contribution < 1.29 is 0 Å². The maximum absolute atomic E-state index is 5.51. The third kappa shape index (κ3) is 2.93. The molecule has 0 amide bonds. The molecule has 0 fully saturated rings. The predicted molar refractivity (Wildman–Crippen MR) is 70.0 cm³/mol. The molecular formula is C11H19BrN4. The van der Waals surface area contributed by atoms with Crippen molar-refractivity contribution in [3.63, 3.8) is 0 Å². The van der Waals surface area contributed by atoms with Crippen LogP contribution in [0.15, 0.2) is 17.1 Å². The molecule has 1 heterocycles. The molecule has 0 spiro atoms. The fourth-order valence-electron chi connectivity index (χ4n) is 1.71. The molecular weight excluding hydrogens is 268 g/mol. The summed E-state index contributed by atoms with van der Waals surface area (Å²) in [5, 5.41) is 4.45. The minimum Gasteiger partial charge on any atom is -0.271 e. The van der Waals surface area contributed by atoms with Gasteiger partial charge in [0.2, 0.25) is 0 Å². The first-order chi connectivity index (χ1) is 7.63. The highest BCUT2D eigenvalue weighted by Gasteiger charge is 2.15. The standard InChI is InChI=1S/C11H19BrN4/c1-4-6-9(14-13)7-10-11(12)8(3)15-16(10)5-2/h4,9,14H,1,5-7,13H2,2-3H3. The van der Waals surface area contributed by atoms with Gasteiger partial charge in [0.05, 0.1) is 15.9 Å². The number of nitrogens with two attached hydrogens (primary N) is 1. The van der Waals surface area contributed by atoms with Gasteiger partial charge in [0.25, 0.3) is 0 Å². The number of halogens is 1. The first-order valence-corrected chi connectivity index (χ1v) is 6.22. The van der Waals surface area contributed by atoms with Gasteiger partial charge in [0.15, 0.2) is 0 Å². The van der Waals surface area contributed by atoms with E-state index in [1.54, 1.807) is 0 Å². The minimum absolute atomic E-state index is 0.204. The normalized spacial score (nSPS) is 12.8. The van der Waals surface area contributed by atoms with E-state index in [-0.39, 0.29) is 6.04 Å². The van der Waals surface area contributed by atoms with Crippen molar-refractivity contribution in [2.24, 2.45) is 5.84 Å². The Balaban J connectivity index is 2.89. The monoisotopic (exact) mass is 286 g/mol. The highest BCUT2D eigenvalue weighted by molar-refractivity contribution is 9.10. The van der Waals surface area contributed by atoms with E-state index in [0.29, 0.717) is 0 Å². The van der Waals surface area contributed by atoms with Gasteiger partial charge in [0.1, 0.15) is 0 Å². The number of hydrazine groups is 1. The van der Waals surface area contributed by atoms with Gasteiger partial charge in [-0.15, -0.1) is 6.58 Å². The van der Waals surface area contributed by atoms with Crippen LogP contribution in [0.3, 0.4) is 0 Å². The Morgan fingerprint density at radius 1 is 1.69 bits per heavy atom. The van der Waals surface area contributed by atoms with Gasteiger partial charge in [-0.05, 0) is 36.2 Å². The maximum Gasteiger partial charge on any atom is 0.0738 e. The van der Waals surface area contributed by atoms with Crippen molar-refractivity contribution in [1.29, 1.82) is 0 Å². The zero-order chi connectivity index (χ0) is 12.1. The fraction of sp³-hybridized carbons (Fsp3) is 0.545. The quantitative estimate of drug-likeness (QED) is 0.477. The van der Waals surface area contributed by atoms with E-state index >= 15 is 0 Å². The second kappa shape index (κ2) is 6.18. The summed E-state index contributed by atoms with van der Waals surface area (Å²) < 4.78 is 3.09. The molecule has 3 N–H and O–H groups in total. The molecule has 0 aliphatic heterocycles. The van der Waals surface area contributed by atoms with Crippen LogP contribution in [0.2, 0.25) is 0 Å². The average molecular weight is 287 g/mol. The summed E-state index contributed by atoms with van der Waals surface area (Å²) >= 11 is 3.57. The number of aromatic nitrogens is 2. The molecule has 1 rings (SSSR count). The average Bonchev–Trinajstić information content (AvgIpc) is 2.55. The van der Waals surface area contributed by atoms with E-state index < -0.39 is 0 Å². The van der Waals surface area contributed by atoms with E-state index in [1.807, 2.05) is 17.7 Å². The Hall–Kier alpha value is -0.650. The zero-order valence-corrected chi connectivity index (χ0v) is 11.4. The van der Waals surface area contributed by atoms with Crippen LogP contribution in [0.1, 0.15) is 24.7 Å². The van der Waals surface area contributed by atoms with E-state index in [4.69, 9.17) is 5.84 Å². The van der Waals surface area contributed by atoms with Gasteiger partial charge >= 0.3 is 0 Å². The van der Waals surface area contributed by atoms with Gasteiger partial charge in [0, 0.05) is 19.0 Å². The zero-order valence-electron chi connectivity index (χ0n) is 9.83. The molecule has 0 saturated carbocycles. The lowest BCUT2D eigenvalue weighted by Gasteiger charge is -2.14. The third-order valence-corrected chi connectivity index (χ3v) is 3.61. The van der Waals surface area contributed by atoms with Gasteiger partial charge in [-0.2, -0.15) is 5.10 Å². The highest BCUT2D eigenvalue weighted by atomic mass is 79.9. The Kier molecular flexibility index (Phi) is 5.18. The summed E-state index contributed by atoms with van der Waals surface area (Å²) in [6, 6.07) is 0.204. The highest BCUT2D eigenvalue weighted by Crippen LogP contribution is 2.22. The summed E-state index contributed by atoms with van der Waals surface area (Å²) in [5.41, 5.74) is 5.01. The largest absolute Gasteiger partial charge is 0.271 e. The van der Waals surface area contributed by atoms with Crippen molar-refractivity contribution in [3.8, 4) is 0 Å². The molecule has 1 unspecified atom stereocenters. The SMILES string of the molecule is C=CCC(Cc1c(Br)c(C)nn1CC)NN. The summed E-state index contributed by atoms with van der Waals surface area (Å²) in [6.07, 6.45) is 3.56. The van der Waals surface area contributed by atoms with Crippen LogP contribution in [0.4, 0.5) is 0 Å². The number of aryl methyl sites for hydroxylation is 2. The van der Waals surface area contributed by atoms with Crippen molar-refractivity contribution in [2.75, 3.05) is 0 Å². The number of nitrogens with zero attached hydrogens (tertiary/aromatic N) is 2. The summed E-state index contributed by atoms with van der Waals surface area (Å²) in [5.74, 6) is 5.51. The van der Waals surface area contributed by atoms with Gasteiger partial charge in [-0.25, -0.2) is 0 Å². The molecule has 0 aliphatic carbocycles. The Morgan fingerprint density at radius 3 is 2.88 bits per heavy atom. The molecule has 0 saturated heterocycles. The number of nitrogens with one attached hydrogen (secondary N) is 1. The molecule has 90 valence electrons. The molecule has 16 heavy (non-hydrogen) atoms. The lowest BCUT2D eigenvalue weighted by atomic mass is 10.1. The number of hydrogen-bond acceptors (Lipinski definition) is 3. The van der Waals surface area contributed by atoms with E-state index in [0.717, 1.165) is 29.6 Å². The van der Waals surface area contributed by atoms with Gasteiger partial charge in [-0.3, -0.25) is 16.0 Å². The molecule has 5 heteroatoms. The topological polar surface area (TPSA) is 55.9 Å². The van der Waals surface area contributed by atoms with Crippen molar-refractivity contribution in [1.82, 2.24) is 15.2 Å². The molecule has 0 aliphatic rings. The Labute approximate surface area is 105 Å². The lowest BCUT2D eigenvalue weighted by Crippen LogP contribution is -2.37. The van der Waals surface area contributed by atoms with Crippen molar-refractivity contribution >= 4 is 15.9 Å². The second-order valence-corrected chi connectivity index (χ2v) is 4.55. The number of hydrogen-bond donors (Lipinski definition) is 2. The van der Waals surface area contributed by atoms with E-state index in [9.17, 15) is 0 Å². The molecule has 1 aromatic rings. The molecule has 0 radical (unpaired) electrons. The van der Waals surface area contributed by atoms with Crippen LogP contribution in [-0.4, -0.2) is 15.8 Å². The van der Waals surface area contributed by atoms with Crippen LogP contribution in [0.5, 0.6) is 0 Å². The molecule has 1 aromatic heterocycles. The Bertz CT molecular complexity index is 359. The summed E-state index contributed by atoms with van der Waals surface area (Å²) in [7, 11) is 0. The van der Waals surface area contributed by atoms with Crippen LogP contribution < -0.4 is 11.3 Å². The first kappa shape index (κ1) is 13.4. The minimum atomic E-state index is 0.204. The van der Waals surface area contributed by atoms with Gasteiger partial charge < -0.3 is 0 Å². The lowest BCUT2D eigenvalue weighted by molar-refractivity contribution is 0.501. The van der Waals surface area contributed by atoms with Crippen molar-refractivity contribution in [2.45, 2.75) is 39.3 Å². The van der Waals surface area contributed by atoms with Crippen LogP contribution in [-0.2, 0) is 13.0 Å². The molecule has 0 bridgehead atoms. The molecule has 4 nitrogen and oxygen atoms in total. The van der Waals surface area contributed by atoms with E-state index in [1.165, 1.54) is 5.69 Å². The summed E-state index contributed by atoms with van der Waals surface area (Å²) in [4.78, 5) is 0. The first-order valence-electron chi connectivity index (χ1n) is 5.42. The Morgan fingerprint density at radius 2 is 2.38 bits per heavy atom. The van der Waals surface area contributed by atoms with Gasteiger partial charge in [-0.1, -0.05) is 6.08 Å². The predicted octanol–water partition coefficient (Wildman–Crippen LogP) is 1.92. The smallest absolute Gasteiger partial charge is 0.0738 e. The van der Waals surface area contributed by atoms with Crippen LogP contribution in [0, 0.1) is 6.92 Å². The molecule has 0 aromatic carbocycles. The second-order valence-electron chi connectivity index (χ2n) is 3.75.